The average molecular weight is 685 g/mol. The molecule has 1 aromatic heterocycles. The number of nitrogens with one attached hydrogen (secondary N) is 4. The first-order valence-electron chi connectivity index (χ1n) is 15.2. The number of thiazole rings is 1. The third kappa shape index (κ3) is 11.9. The zero-order valence-corrected chi connectivity index (χ0v) is 31.2. The fourth-order valence-electron chi connectivity index (χ4n) is 3.47. The van der Waals surface area contributed by atoms with Crippen LogP contribution in [0.2, 0.25) is 18.1 Å². The van der Waals surface area contributed by atoms with Crippen molar-refractivity contribution >= 4 is 54.4 Å². The highest BCUT2D eigenvalue weighted by atomic mass is 32.1. The highest BCUT2D eigenvalue weighted by Crippen LogP contribution is 2.36. The number of esters is 1. The van der Waals surface area contributed by atoms with Crippen molar-refractivity contribution in [2.75, 3.05) is 25.0 Å². The van der Waals surface area contributed by atoms with Crippen LogP contribution in [0, 0.1) is 0 Å². The molecule has 3 amide bonds. The van der Waals surface area contributed by atoms with Crippen LogP contribution in [-0.2, 0) is 33.1 Å². The summed E-state index contributed by atoms with van der Waals surface area (Å²) in [5.41, 5.74) is -3.34. The van der Waals surface area contributed by atoms with Crippen LogP contribution in [-0.4, -0.2) is 91.5 Å². The van der Waals surface area contributed by atoms with E-state index in [1.165, 1.54) is 19.2 Å². The number of β-lactam (4-membered cyclic amide) rings is 1. The fraction of sp³-hybridized carbons (Fsp3) is 0.733. The van der Waals surface area contributed by atoms with E-state index in [-0.39, 0.29) is 33.5 Å². The Morgan fingerprint density at radius 3 is 2.15 bits per heavy atom. The Bertz CT molecular complexity index is 1290. The van der Waals surface area contributed by atoms with Crippen molar-refractivity contribution in [2.45, 2.75) is 123 Å². The number of rotatable bonds is 13. The van der Waals surface area contributed by atoms with E-state index in [0.717, 1.165) is 11.3 Å². The topological polar surface area (TPSA) is 179 Å². The standard InChI is InChI=1S/C30H52N6O8SSi/c1-27(2,3)42-24(39)30(10,11)44-36-21(19-17-45-25(33-19)35-26(40)43-28(4,5)6)23(38)34-20-18(32-22(20)37)16-31-14-15-41-46(12,13)29(7,8)9/h17-18,20,31H,14-16H2,1-13H3,(H,32,37)(H,34,38)(H,33,35,40)/t18-,20-/m0/s1. The minimum Gasteiger partial charge on any atom is -0.457 e. The average Bonchev–Trinajstić information content (AvgIpc) is 3.31. The third-order valence-corrected chi connectivity index (χ3v) is 12.3. The quantitative estimate of drug-likeness (QED) is 0.0594. The van der Waals surface area contributed by atoms with E-state index in [9.17, 15) is 19.2 Å². The van der Waals surface area contributed by atoms with Gasteiger partial charge in [-0.25, -0.2) is 14.6 Å². The molecule has 0 radical (unpaired) electrons. The van der Waals surface area contributed by atoms with Gasteiger partial charge in [-0.3, -0.25) is 14.9 Å². The summed E-state index contributed by atoms with van der Waals surface area (Å²) in [6.07, 6.45) is -0.727. The van der Waals surface area contributed by atoms with Crippen molar-refractivity contribution in [3.63, 3.8) is 0 Å². The SMILES string of the molecule is CC(C)(C)OC(=O)Nc1nc(C(=NOC(C)(C)C(=O)OC(C)(C)C)C(=O)N[C@@H]2C(=O)N[C@H]2CNCCO[Si](C)(C)C(C)(C)C)cs1. The summed E-state index contributed by atoms with van der Waals surface area (Å²) in [4.78, 5) is 60.9. The molecule has 1 saturated heterocycles. The Kier molecular flexibility index (Phi) is 12.6. The number of oxime groups is 1. The molecule has 2 heterocycles. The molecule has 4 N–H and O–H groups in total. The maximum atomic E-state index is 13.6. The van der Waals surface area contributed by atoms with Gasteiger partial charge >= 0.3 is 12.1 Å². The summed E-state index contributed by atoms with van der Waals surface area (Å²) < 4.78 is 16.9. The van der Waals surface area contributed by atoms with Crippen LogP contribution >= 0.6 is 11.3 Å². The van der Waals surface area contributed by atoms with Gasteiger partial charge in [-0.1, -0.05) is 25.9 Å². The van der Waals surface area contributed by atoms with E-state index in [2.05, 4.69) is 65.3 Å². The zero-order chi connectivity index (χ0) is 35.3. The van der Waals surface area contributed by atoms with E-state index in [0.29, 0.717) is 19.7 Å². The fourth-order valence-corrected chi connectivity index (χ4v) is 5.20. The summed E-state index contributed by atoms with van der Waals surface area (Å²) in [6, 6.07) is -1.24. The van der Waals surface area contributed by atoms with Gasteiger partial charge in [0, 0.05) is 25.1 Å². The Balaban J connectivity index is 2.18. The predicted molar refractivity (Wildman–Crippen MR) is 179 cm³/mol. The van der Waals surface area contributed by atoms with Crippen LogP contribution < -0.4 is 21.3 Å². The molecule has 260 valence electrons. The van der Waals surface area contributed by atoms with Gasteiger partial charge in [0.2, 0.25) is 11.5 Å². The van der Waals surface area contributed by atoms with Gasteiger partial charge < -0.3 is 34.7 Å². The summed E-state index contributed by atoms with van der Waals surface area (Å²) >= 11 is 1.03. The molecule has 2 rings (SSSR count). The molecular formula is C30H52N6O8SSi. The third-order valence-electron chi connectivity index (χ3n) is 7.04. The van der Waals surface area contributed by atoms with E-state index >= 15 is 0 Å². The maximum Gasteiger partial charge on any atom is 0.413 e. The van der Waals surface area contributed by atoms with E-state index in [1.54, 1.807) is 41.5 Å². The minimum absolute atomic E-state index is 0.0470. The molecule has 16 heteroatoms. The first-order valence-corrected chi connectivity index (χ1v) is 19.0. The Morgan fingerprint density at radius 2 is 1.61 bits per heavy atom. The second-order valence-corrected chi connectivity index (χ2v) is 20.8. The Labute approximate surface area is 277 Å². The van der Waals surface area contributed by atoms with Gasteiger partial charge in [0.25, 0.3) is 5.91 Å². The van der Waals surface area contributed by atoms with Crippen LogP contribution in [0.1, 0.15) is 81.9 Å². The van der Waals surface area contributed by atoms with E-state index in [1.807, 2.05) is 0 Å². The lowest BCUT2D eigenvalue weighted by molar-refractivity contribution is -0.179. The number of hydrogen-bond acceptors (Lipinski definition) is 12. The highest BCUT2D eigenvalue weighted by Gasteiger charge is 2.42. The smallest absolute Gasteiger partial charge is 0.413 e. The Hall–Kier alpha value is -3.08. The van der Waals surface area contributed by atoms with Gasteiger partial charge in [0.15, 0.2) is 19.2 Å². The molecule has 46 heavy (non-hydrogen) atoms. The van der Waals surface area contributed by atoms with Gasteiger partial charge in [0.1, 0.15) is 22.9 Å². The molecular weight excluding hydrogens is 633 g/mol. The van der Waals surface area contributed by atoms with Crippen molar-refractivity contribution in [3.05, 3.63) is 11.1 Å². The summed E-state index contributed by atoms with van der Waals surface area (Å²) in [7, 11) is -1.88. The van der Waals surface area contributed by atoms with Crippen molar-refractivity contribution < 1.29 is 37.9 Å². The predicted octanol–water partition coefficient (Wildman–Crippen LogP) is 3.93. The zero-order valence-electron chi connectivity index (χ0n) is 29.4. The van der Waals surface area contributed by atoms with Crippen LogP contribution in [0.3, 0.4) is 0 Å². The number of amides is 3. The van der Waals surface area contributed by atoms with Crippen LogP contribution in [0.4, 0.5) is 9.93 Å². The number of nitrogens with zero attached hydrogens (tertiary/aromatic N) is 2. The monoisotopic (exact) mass is 684 g/mol. The summed E-state index contributed by atoms with van der Waals surface area (Å²) in [5, 5.41) is 17.0. The molecule has 0 unspecified atom stereocenters. The van der Waals surface area contributed by atoms with Crippen LogP contribution in [0.5, 0.6) is 0 Å². The molecule has 0 spiro atoms. The molecule has 0 saturated carbocycles. The summed E-state index contributed by atoms with van der Waals surface area (Å²) in [6.45, 7) is 25.6. The first kappa shape index (κ1) is 39.1. The maximum absolute atomic E-state index is 13.6. The number of carbonyl (C=O) groups excluding carboxylic acids is 4. The number of aromatic nitrogens is 1. The molecule has 1 aromatic rings. The van der Waals surface area contributed by atoms with E-state index < -0.39 is 49.1 Å². The van der Waals surface area contributed by atoms with Crippen molar-refractivity contribution in [1.29, 1.82) is 0 Å². The number of hydrogen-bond donors (Lipinski definition) is 4. The van der Waals surface area contributed by atoms with Crippen molar-refractivity contribution in [1.82, 2.24) is 20.9 Å². The first-order chi connectivity index (χ1) is 20.8. The molecule has 0 aliphatic carbocycles. The lowest BCUT2D eigenvalue weighted by atomic mass is 9.98. The lowest BCUT2D eigenvalue weighted by Gasteiger charge is -2.38. The van der Waals surface area contributed by atoms with Gasteiger partial charge in [-0.2, -0.15) is 0 Å². The normalized spacial score (nSPS) is 17.8. The number of ether oxygens (including phenoxy) is 2. The van der Waals surface area contributed by atoms with Crippen molar-refractivity contribution in [3.8, 4) is 0 Å². The molecule has 1 aliphatic rings. The van der Waals surface area contributed by atoms with Crippen LogP contribution in [0.25, 0.3) is 0 Å². The van der Waals surface area contributed by atoms with Gasteiger partial charge in [-0.15, -0.1) is 11.3 Å². The molecule has 0 bridgehead atoms. The number of carbonyl (C=O) groups is 4. The molecule has 14 nitrogen and oxygen atoms in total. The second-order valence-electron chi connectivity index (χ2n) is 15.1. The minimum atomic E-state index is -1.88. The van der Waals surface area contributed by atoms with Crippen molar-refractivity contribution in [2.24, 2.45) is 5.16 Å². The molecule has 1 aliphatic heterocycles. The summed E-state index contributed by atoms with van der Waals surface area (Å²) in [5.74, 6) is -1.83. The van der Waals surface area contributed by atoms with Gasteiger partial charge in [0.05, 0.1) is 6.04 Å². The highest BCUT2D eigenvalue weighted by molar-refractivity contribution is 7.14. The van der Waals surface area contributed by atoms with Crippen LogP contribution in [0.15, 0.2) is 10.5 Å². The Morgan fingerprint density at radius 1 is 1.00 bits per heavy atom. The number of anilines is 1. The molecule has 0 aromatic carbocycles. The molecule has 1 fully saturated rings. The van der Waals surface area contributed by atoms with E-state index in [4.69, 9.17) is 18.7 Å². The lowest BCUT2D eigenvalue weighted by Crippen LogP contribution is -2.72. The second kappa shape index (κ2) is 14.8. The largest absolute Gasteiger partial charge is 0.457 e. The molecule has 2 atom stereocenters. The van der Waals surface area contributed by atoms with Gasteiger partial charge in [-0.05, 0) is 73.5 Å².